The van der Waals surface area contributed by atoms with E-state index in [1.54, 1.807) is 0 Å². The molecule has 2 heterocycles. The standard InChI is InChI=1S/C14H20N2O2/c1-2-6-14-13(5-1)17-10-12(18-14)9-15-8-11-4-3-7-16-11/h1-2,5-6,11-12,15-16H,3-4,7-10H2. The van der Waals surface area contributed by atoms with Gasteiger partial charge in [0.15, 0.2) is 11.5 Å². The number of fused-ring (bicyclic) bond motifs is 1. The van der Waals surface area contributed by atoms with Crippen molar-refractivity contribution in [1.82, 2.24) is 10.6 Å². The molecule has 0 bridgehead atoms. The van der Waals surface area contributed by atoms with Gasteiger partial charge in [-0.25, -0.2) is 0 Å². The molecule has 0 aliphatic carbocycles. The minimum absolute atomic E-state index is 0.112. The van der Waals surface area contributed by atoms with Crippen LogP contribution in [0.1, 0.15) is 12.8 Å². The van der Waals surface area contributed by atoms with Crippen molar-refractivity contribution in [2.45, 2.75) is 25.0 Å². The Labute approximate surface area is 108 Å². The number of benzene rings is 1. The van der Waals surface area contributed by atoms with E-state index in [1.165, 1.54) is 12.8 Å². The van der Waals surface area contributed by atoms with Crippen molar-refractivity contribution in [3.63, 3.8) is 0 Å². The van der Waals surface area contributed by atoms with E-state index in [-0.39, 0.29) is 6.10 Å². The summed E-state index contributed by atoms with van der Waals surface area (Å²) in [6, 6.07) is 8.47. The fourth-order valence-electron chi connectivity index (χ4n) is 2.51. The van der Waals surface area contributed by atoms with Crippen LogP contribution in [0.25, 0.3) is 0 Å². The van der Waals surface area contributed by atoms with Gasteiger partial charge < -0.3 is 20.1 Å². The largest absolute Gasteiger partial charge is 0.486 e. The van der Waals surface area contributed by atoms with Crippen LogP contribution in [0.15, 0.2) is 24.3 Å². The van der Waals surface area contributed by atoms with Crippen LogP contribution in [0.5, 0.6) is 11.5 Å². The van der Waals surface area contributed by atoms with E-state index in [4.69, 9.17) is 9.47 Å². The summed E-state index contributed by atoms with van der Waals surface area (Å²) >= 11 is 0. The average molecular weight is 248 g/mol. The molecule has 18 heavy (non-hydrogen) atoms. The molecule has 1 fully saturated rings. The van der Waals surface area contributed by atoms with Gasteiger partial charge in [0.2, 0.25) is 0 Å². The van der Waals surface area contributed by atoms with Crippen LogP contribution >= 0.6 is 0 Å². The molecule has 0 radical (unpaired) electrons. The fraction of sp³-hybridized carbons (Fsp3) is 0.571. The zero-order valence-corrected chi connectivity index (χ0v) is 10.5. The fourth-order valence-corrected chi connectivity index (χ4v) is 2.51. The van der Waals surface area contributed by atoms with Gasteiger partial charge in [0.1, 0.15) is 12.7 Å². The first-order valence-corrected chi connectivity index (χ1v) is 6.74. The number of hydrogen-bond acceptors (Lipinski definition) is 4. The lowest BCUT2D eigenvalue weighted by atomic mass is 10.2. The third-order valence-corrected chi connectivity index (χ3v) is 3.49. The van der Waals surface area contributed by atoms with Crippen LogP contribution < -0.4 is 20.1 Å². The van der Waals surface area contributed by atoms with Gasteiger partial charge in [-0.3, -0.25) is 0 Å². The molecule has 2 atom stereocenters. The summed E-state index contributed by atoms with van der Waals surface area (Å²) in [7, 11) is 0. The summed E-state index contributed by atoms with van der Waals surface area (Å²) in [4.78, 5) is 0. The van der Waals surface area contributed by atoms with E-state index >= 15 is 0 Å². The lowest BCUT2D eigenvalue weighted by Gasteiger charge is -2.27. The number of para-hydroxylation sites is 2. The molecule has 2 aliphatic heterocycles. The molecule has 0 aromatic heterocycles. The van der Waals surface area contributed by atoms with E-state index in [9.17, 15) is 0 Å². The molecule has 2 unspecified atom stereocenters. The summed E-state index contributed by atoms with van der Waals surface area (Å²) in [5, 5.41) is 6.94. The molecule has 1 saturated heterocycles. The van der Waals surface area contributed by atoms with Crippen molar-refractivity contribution in [2.24, 2.45) is 0 Å². The van der Waals surface area contributed by atoms with Crippen molar-refractivity contribution in [3.05, 3.63) is 24.3 Å². The summed E-state index contributed by atoms with van der Waals surface area (Å²) in [5.41, 5.74) is 0. The average Bonchev–Trinajstić information content (AvgIpc) is 2.92. The highest BCUT2D eigenvalue weighted by atomic mass is 16.6. The molecule has 3 rings (SSSR count). The number of ether oxygens (including phenoxy) is 2. The van der Waals surface area contributed by atoms with Crippen LogP contribution in [0.4, 0.5) is 0 Å². The Bertz CT molecular complexity index is 391. The Balaban J connectivity index is 1.44. The van der Waals surface area contributed by atoms with Crippen LogP contribution in [0, 0.1) is 0 Å². The maximum atomic E-state index is 5.89. The van der Waals surface area contributed by atoms with Gasteiger partial charge in [-0.2, -0.15) is 0 Å². The zero-order valence-electron chi connectivity index (χ0n) is 10.5. The van der Waals surface area contributed by atoms with E-state index in [0.717, 1.165) is 31.1 Å². The molecular formula is C14H20N2O2. The van der Waals surface area contributed by atoms with E-state index < -0.39 is 0 Å². The quantitative estimate of drug-likeness (QED) is 0.839. The third kappa shape index (κ3) is 2.76. The Morgan fingerprint density at radius 3 is 2.94 bits per heavy atom. The lowest BCUT2D eigenvalue weighted by Crippen LogP contribution is -2.42. The van der Waals surface area contributed by atoms with E-state index in [2.05, 4.69) is 10.6 Å². The molecule has 1 aromatic carbocycles. The molecule has 0 saturated carbocycles. The maximum Gasteiger partial charge on any atom is 0.161 e. The van der Waals surface area contributed by atoms with Gasteiger partial charge in [0.25, 0.3) is 0 Å². The summed E-state index contributed by atoms with van der Waals surface area (Å²) in [5.74, 6) is 1.71. The number of rotatable bonds is 4. The number of hydrogen-bond donors (Lipinski definition) is 2. The Morgan fingerprint density at radius 2 is 2.11 bits per heavy atom. The van der Waals surface area contributed by atoms with E-state index in [1.807, 2.05) is 24.3 Å². The third-order valence-electron chi connectivity index (χ3n) is 3.49. The first kappa shape index (κ1) is 11.8. The molecule has 4 heteroatoms. The topological polar surface area (TPSA) is 42.5 Å². The maximum absolute atomic E-state index is 5.89. The van der Waals surface area contributed by atoms with Crippen molar-refractivity contribution in [1.29, 1.82) is 0 Å². The highest BCUT2D eigenvalue weighted by Crippen LogP contribution is 2.30. The second kappa shape index (κ2) is 5.59. The van der Waals surface area contributed by atoms with Gasteiger partial charge in [-0.1, -0.05) is 12.1 Å². The minimum Gasteiger partial charge on any atom is -0.486 e. The summed E-state index contributed by atoms with van der Waals surface area (Å²) in [6.45, 7) is 3.64. The van der Waals surface area contributed by atoms with E-state index in [0.29, 0.717) is 12.6 Å². The Kier molecular flexibility index (Phi) is 3.67. The normalized spacial score (nSPS) is 26.2. The molecule has 2 aliphatic rings. The molecule has 98 valence electrons. The molecule has 0 amide bonds. The molecular weight excluding hydrogens is 228 g/mol. The van der Waals surface area contributed by atoms with Crippen LogP contribution in [0.2, 0.25) is 0 Å². The smallest absolute Gasteiger partial charge is 0.161 e. The molecule has 2 N–H and O–H groups in total. The van der Waals surface area contributed by atoms with Crippen LogP contribution in [-0.2, 0) is 0 Å². The molecule has 1 aromatic rings. The second-order valence-electron chi connectivity index (χ2n) is 4.95. The van der Waals surface area contributed by atoms with Crippen molar-refractivity contribution >= 4 is 0 Å². The molecule has 4 nitrogen and oxygen atoms in total. The SMILES string of the molecule is c1ccc2c(c1)OCC(CNCC1CCCN1)O2. The predicted octanol–water partition coefficient (Wildman–Crippen LogP) is 1.17. The first-order chi connectivity index (χ1) is 8.92. The predicted molar refractivity (Wildman–Crippen MR) is 70.2 cm³/mol. The van der Waals surface area contributed by atoms with Crippen LogP contribution in [0.3, 0.4) is 0 Å². The molecule has 0 spiro atoms. The highest BCUT2D eigenvalue weighted by molar-refractivity contribution is 5.40. The van der Waals surface area contributed by atoms with Crippen LogP contribution in [-0.4, -0.2) is 38.4 Å². The summed E-state index contributed by atoms with van der Waals surface area (Å²) in [6.07, 6.45) is 2.68. The first-order valence-electron chi connectivity index (χ1n) is 6.74. The second-order valence-corrected chi connectivity index (χ2v) is 4.95. The van der Waals surface area contributed by atoms with Gasteiger partial charge in [0.05, 0.1) is 0 Å². The van der Waals surface area contributed by atoms with Gasteiger partial charge >= 0.3 is 0 Å². The zero-order chi connectivity index (χ0) is 12.2. The highest BCUT2D eigenvalue weighted by Gasteiger charge is 2.21. The van der Waals surface area contributed by atoms with Crippen molar-refractivity contribution < 1.29 is 9.47 Å². The lowest BCUT2D eigenvalue weighted by molar-refractivity contribution is 0.0901. The van der Waals surface area contributed by atoms with Crippen molar-refractivity contribution in [3.8, 4) is 11.5 Å². The minimum atomic E-state index is 0.112. The Morgan fingerprint density at radius 1 is 1.22 bits per heavy atom. The van der Waals surface area contributed by atoms with Gasteiger partial charge in [-0.15, -0.1) is 0 Å². The van der Waals surface area contributed by atoms with Gasteiger partial charge in [0, 0.05) is 19.1 Å². The Hall–Kier alpha value is -1.26. The summed E-state index contributed by atoms with van der Waals surface area (Å²) < 4.78 is 11.6. The van der Waals surface area contributed by atoms with Gasteiger partial charge in [-0.05, 0) is 31.5 Å². The van der Waals surface area contributed by atoms with Crippen molar-refractivity contribution in [2.75, 3.05) is 26.2 Å². The number of nitrogens with one attached hydrogen (secondary N) is 2. The monoisotopic (exact) mass is 248 g/mol.